The summed E-state index contributed by atoms with van der Waals surface area (Å²) in [5, 5.41) is 8.91. The van der Waals surface area contributed by atoms with Gasteiger partial charge in [-0.15, -0.1) is 11.6 Å². The average molecular weight is 168 g/mol. The first kappa shape index (κ1) is 7.34. The fraction of sp³-hybridized carbons (Fsp3) is 0.750. The summed E-state index contributed by atoms with van der Waals surface area (Å²) in [7, 11) is 1.62. The smallest absolute Gasteiger partial charge is 0.206 e. The third-order valence-electron chi connectivity index (χ3n) is 1.08. The number of likely N-dealkylation sites (N-methyl/N-ethyl adjacent to an activating group) is 1. The van der Waals surface area contributed by atoms with Crippen LogP contribution in [0.3, 0.4) is 0 Å². The van der Waals surface area contributed by atoms with Crippen molar-refractivity contribution >= 4 is 29.3 Å². The van der Waals surface area contributed by atoms with E-state index in [1.807, 2.05) is 0 Å². The van der Waals surface area contributed by atoms with Crippen molar-refractivity contribution in [2.75, 3.05) is 7.05 Å². The third-order valence-corrected chi connectivity index (χ3v) is 2.49. The van der Waals surface area contributed by atoms with E-state index in [1.165, 1.54) is 4.31 Å². The summed E-state index contributed by atoms with van der Waals surface area (Å²) in [5.41, 5.74) is 0. The Hall–Kier alpha value is 0.230. The predicted octanol–water partition coefficient (Wildman–Crippen LogP) is 0.0324. The van der Waals surface area contributed by atoms with E-state index in [9.17, 15) is 4.79 Å². The van der Waals surface area contributed by atoms with E-state index in [4.69, 9.17) is 16.7 Å². The maximum absolute atomic E-state index is 10.7. The molecule has 1 aliphatic rings. The van der Waals surface area contributed by atoms with E-state index < -0.39 is 10.9 Å². The van der Waals surface area contributed by atoms with Crippen LogP contribution in [0, 0.1) is 0 Å². The van der Waals surface area contributed by atoms with E-state index in [2.05, 4.69) is 0 Å². The Labute approximate surface area is 62.1 Å². The van der Waals surface area contributed by atoms with Crippen LogP contribution in [0.5, 0.6) is 0 Å². The summed E-state index contributed by atoms with van der Waals surface area (Å²) in [4.78, 5) is 10.7. The zero-order valence-corrected chi connectivity index (χ0v) is 6.32. The second-order valence-corrected chi connectivity index (χ2v) is 3.70. The molecule has 1 N–H and O–H groups in total. The molecule has 1 rings (SSSR count). The molecule has 52 valence electrons. The quantitative estimate of drug-likeness (QED) is 0.408. The first-order valence-electron chi connectivity index (χ1n) is 2.38. The van der Waals surface area contributed by atoms with Crippen LogP contribution in [0.15, 0.2) is 0 Å². The van der Waals surface area contributed by atoms with Gasteiger partial charge in [0.05, 0.1) is 0 Å². The summed E-state index contributed by atoms with van der Waals surface area (Å²) in [6.07, 6.45) is -1.02. The lowest BCUT2D eigenvalue weighted by Crippen LogP contribution is -2.27. The van der Waals surface area contributed by atoms with E-state index in [0.717, 1.165) is 11.9 Å². The van der Waals surface area contributed by atoms with Crippen molar-refractivity contribution in [1.29, 1.82) is 0 Å². The Morgan fingerprint density at radius 2 is 2.44 bits per heavy atom. The number of nitrogens with zero attached hydrogens (tertiary/aromatic N) is 1. The lowest BCUT2D eigenvalue weighted by Gasteiger charge is -2.07. The lowest BCUT2D eigenvalue weighted by molar-refractivity contribution is -0.128. The predicted molar refractivity (Wildman–Crippen MR) is 36.0 cm³/mol. The molecule has 0 aliphatic carbocycles. The van der Waals surface area contributed by atoms with Crippen molar-refractivity contribution < 1.29 is 9.90 Å². The van der Waals surface area contributed by atoms with Crippen molar-refractivity contribution in [3.63, 3.8) is 0 Å². The standard InChI is InChI=1S/C4H6ClNO2S/c1-6-4(8)2(7)3(5)9-6/h3-4,8H,1H3. The van der Waals surface area contributed by atoms with Gasteiger partial charge in [-0.25, -0.2) is 4.31 Å². The van der Waals surface area contributed by atoms with Crippen molar-refractivity contribution in [3.8, 4) is 0 Å². The number of alkyl halides is 1. The second kappa shape index (κ2) is 2.46. The van der Waals surface area contributed by atoms with Crippen molar-refractivity contribution in [2.45, 2.75) is 10.9 Å². The van der Waals surface area contributed by atoms with Gasteiger partial charge >= 0.3 is 0 Å². The molecule has 1 heterocycles. The Bertz CT molecular complexity index is 143. The highest BCUT2D eigenvalue weighted by Gasteiger charge is 2.36. The maximum Gasteiger partial charge on any atom is 0.206 e. The van der Waals surface area contributed by atoms with Crippen LogP contribution in [0.25, 0.3) is 0 Å². The fourth-order valence-corrected chi connectivity index (χ4v) is 1.78. The average Bonchev–Trinajstić information content (AvgIpc) is 1.98. The Morgan fingerprint density at radius 3 is 2.56 bits per heavy atom. The number of hydrogen-bond donors (Lipinski definition) is 1. The molecule has 0 amide bonds. The normalized spacial score (nSPS) is 37.9. The van der Waals surface area contributed by atoms with Gasteiger partial charge in [-0.05, 0) is 11.9 Å². The molecule has 0 spiro atoms. The molecule has 0 aromatic heterocycles. The summed E-state index contributed by atoms with van der Waals surface area (Å²) >= 11 is 6.60. The zero-order chi connectivity index (χ0) is 7.02. The number of carbonyl (C=O) groups is 1. The highest BCUT2D eigenvalue weighted by atomic mass is 35.5. The first-order chi connectivity index (χ1) is 4.13. The fourth-order valence-electron chi connectivity index (χ4n) is 0.552. The molecule has 1 saturated heterocycles. The molecule has 1 aliphatic heterocycles. The van der Waals surface area contributed by atoms with Gasteiger partial charge < -0.3 is 5.11 Å². The second-order valence-electron chi connectivity index (χ2n) is 1.74. The van der Waals surface area contributed by atoms with Gasteiger partial charge in [0.25, 0.3) is 0 Å². The summed E-state index contributed by atoms with van der Waals surface area (Å²) in [5.74, 6) is -0.329. The summed E-state index contributed by atoms with van der Waals surface area (Å²) in [6.45, 7) is 0. The summed E-state index contributed by atoms with van der Waals surface area (Å²) < 4.78 is 0.824. The van der Waals surface area contributed by atoms with Gasteiger partial charge in [-0.3, -0.25) is 4.79 Å². The van der Waals surface area contributed by atoms with Crippen LogP contribution in [0.1, 0.15) is 0 Å². The first-order valence-corrected chi connectivity index (χ1v) is 3.65. The van der Waals surface area contributed by atoms with Crippen molar-refractivity contribution in [2.24, 2.45) is 0 Å². The molecule has 2 atom stereocenters. The van der Waals surface area contributed by atoms with Crippen molar-refractivity contribution in [1.82, 2.24) is 4.31 Å². The Kier molecular flexibility index (Phi) is 2.00. The van der Waals surface area contributed by atoms with E-state index in [-0.39, 0.29) is 5.78 Å². The van der Waals surface area contributed by atoms with Crippen LogP contribution >= 0.6 is 23.5 Å². The highest BCUT2D eigenvalue weighted by Crippen LogP contribution is 2.30. The molecule has 2 unspecified atom stereocenters. The maximum atomic E-state index is 10.7. The number of Topliss-reactive ketones (excluding diaryl/α,β-unsaturated/α-hetero) is 1. The Balaban J connectivity index is 2.65. The molecule has 0 aromatic rings. The van der Waals surface area contributed by atoms with Gasteiger partial charge in [-0.1, -0.05) is 0 Å². The molecule has 9 heavy (non-hydrogen) atoms. The molecule has 0 aromatic carbocycles. The van der Waals surface area contributed by atoms with Gasteiger partial charge in [0.1, 0.15) is 0 Å². The minimum atomic E-state index is -1.02. The van der Waals surface area contributed by atoms with Crippen molar-refractivity contribution in [3.05, 3.63) is 0 Å². The van der Waals surface area contributed by atoms with Gasteiger partial charge in [0.15, 0.2) is 10.9 Å². The minimum absolute atomic E-state index is 0.329. The van der Waals surface area contributed by atoms with Gasteiger partial charge in [0.2, 0.25) is 5.78 Å². The van der Waals surface area contributed by atoms with Crippen LogP contribution < -0.4 is 0 Å². The monoisotopic (exact) mass is 167 g/mol. The molecular weight excluding hydrogens is 162 g/mol. The number of hydrogen-bond acceptors (Lipinski definition) is 4. The van der Waals surface area contributed by atoms with Crippen LogP contribution in [-0.2, 0) is 4.79 Å². The number of halogens is 1. The van der Waals surface area contributed by atoms with Gasteiger partial charge in [-0.2, -0.15) is 0 Å². The molecule has 5 heteroatoms. The number of ketones is 1. The van der Waals surface area contributed by atoms with E-state index in [0.29, 0.717) is 0 Å². The molecular formula is C4H6ClNO2S. The third kappa shape index (κ3) is 1.21. The molecule has 0 radical (unpaired) electrons. The topological polar surface area (TPSA) is 40.5 Å². The molecule has 1 fully saturated rings. The van der Waals surface area contributed by atoms with Gasteiger partial charge in [0, 0.05) is 7.05 Å². The number of rotatable bonds is 0. The number of carbonyl (C=O) groups excluding carboxylic acids is 1. The van der Waals surface area contributed by atoms with Crippen LogP contribution in [0.2, 0.25) is 0 Å². The SMILES string of the molecule is CN1SC(Cl)C(=O)C1O. The van der Waals surface area contributed by atoms with Crippen LogP contribution in [-0.4, -0.2) is 33.2 Å². The highest BCUT2D eigenvalue weighted by molar-refractivity contribution is 8.00. The Morgan fingerprint density at radius 1 is 1.89 bits per heavy atom. The van der Waals surface area contributed by atoms with E-state index in [1.54, 1.807) is 7.05 Å². The van der Waals surface area contributed by atoms with Crippen LogP contribution in [0.4, 0.5) is 0 Å². The van der Waals surface area contributed by atoms with E-state index >= 15 is 0 Å². The lowest BCUT2D eigenvalue weighted by atomic mass is 10.4. The number of aliphatic hydroxyl groups excluding tert-OH is 1. The minimum Gasteiger partial charge on any atom is -0.370 e. The molecule has 0 bridgehead atoms. The summed E-state index contributed by atoms with van der Waals surface area (Å²) in [6, 6.07) is 0. The molecule has 0 saturated carbocycles. The molecule has 3 nitrogen and oxygen atoms in total. The zero-order valence-electron chi connectivity index (χ0n) is 4.74. The number of aliphatic hydroxyl groups is 1. The largest absolute Gasteiger partial charge is 0.370 e.